The van der Waals surface area contributed by atoms with E-state index in [-0.39, 0.29) is 12.8 Å². The van der Waals surface area contributed by atoms with Crippen LogP contribution in [0.2, 0.25) is 0 Å². The number of aliphatic carboxylic acids is 2. The molecule has 0 rings (SSSR count). The van der Waals surface area contributed by atoms with Gasteiger partial charge in [-0.15, -0.1) is 0 Å². The van der Waals surface area contributed by atoms with Crippen molar-refractivity contribution in [1.29, 1.82) is 0 Å². The summed E-state index contributed by atoms with van der Waals surface area (Å²) < 4.78 is 20.4. The van der Waals surface area contributed by atoms with E-state index in [0.717, 1.165) is 0 Å². The Balaban J connectivity index is 4.10. The van der Waals surface area contributed by atoms with Gasteiger partial charge in [-0.1, -0.05) is 0 Å². The van der Waals surface area contributed by atoms with Gasteiger partial charge in [0.05, 0.1) is 12.1 Å². The molecule has 0 saturated heterocycles. The summed E-state index contributed by atoms with van der Waals surface area (Å²) in [7, 11) is -2.78. The van der Waals surface area contributed by atoms with Crippen LogP contribution in [-0.4, -0.2) is 28.3 Å². The summed E-state index contributed by atoms with van der Waals surface area (Å²) in [5.74, 6) is -3.52. The molecule has 0 amide bonds. The average Bonchev–Trinajstić information content (AvgIpc) is 1.96. The molecule has 0 spiro atoms. The molecule has 7 heteroatoms. The Morgan fingerprint density at radius 1 is 1.23 bits per heavy atom. The van der Waals surface area contributed by atoms with Crippen LogP contribution in [0.4, 0.5) is 0 Å². The average molecular weight is 208 g/mol. The predicted molar refractivity (Wildman–Crippen MR) is 41.2 cm³/mol. The fourth-order valence-electron chi connectivity index (χ4n) is 0.771. The molecule has 6 nitrogen and oxygen atoms in total. The molecule has 0 aliphatic heterocycles. The SMILES string of the molecule is O=C(O)CCC(CP(=O)=O)C(=O)O. The third kappa shape index (κ3) is 6.04. The molecule has 0 fully saturated rings. The van der Waals surface area contributed by atoms with Gasteiger partial charge in [-0.3, -0.25) is 9.59 Å². The highest BCUT2D eigenvalue weighted by atomic mass is 31.1. The number of carbonyl (C=O) groups is 2. The highest BCUT2D eigenvalue weighted by Gasteiger charge is 2.20. The molecule has 13 heavy (non-hydrogen) atoms. The first-order valence-electron chi connectivity index (χ1n) is 3.50. The number of rotatable bonds is 6. The summed E-state index contributed by atoms with van der Waals surface area (Å²) in [6, 6.07) is 0. The number of hydrogen-bond acceptors (Lipinski definition) is 4. The van der Waals surface area contributed by atoms with Crippen molar-refractivity contribution in [2.75, 3.05) is 6.16 Å². The highest BCUT2D eigenvalue weighted by Crippen LogP contribution is 2.16. The minimum atomic E-state index is -2.78. The topological polar surface area (TPSA) is 109 Å². The lowest BCUT2D eigenvalue weighted by atomic mass is 10.1. The quantitative estimate of drug-likeness (QED) is 0.622. The summed E-state index contributed by atoms with van der Waals surface area (Å²) in [4.78, 5) is 20.5. The third-order valence-corrected chi connectivity index (χ3v) is 2.16. The van der Waals surface area contributed by atoms with Crippen molar-refractivity contribution in [2.24, 2.45) is 5.92 Å². The van der Waals surface area contributed by atoms with Gasteiger partial charge in [-0.2, -0.15) is 0 Å². The fourth-order valence-corrected chi connectivity index (χ4v) is 1.47. The lowest BCUT2D eigenvalue weighted by Crippen LogP contribution is -2.17. The van der Waals surface area contributed by atoms with Crippen molar-refractivity contribution < 1.29 is 28.9 Å². The summed E-state index contributed by atoms with van der Waals surface area (Å²) in [5, 5.41) is 16.7. The van der Waals surface area contributed by atoms with Gasteiger partial charge in [0, 0.05) is 6.42 Å². The van der Waals surface area contributed by atoms with E-state index in [1.54, 1.807) is 0 Å². The zero-order valence-corrected chi connectivity index (χ0v) is 7.57. The first kappa shape index (κ1) is 11.8. The standard InChI is InChI=1S/C6H9O6P/c7-5(8)2-1-4(6(9)10)3-13(11)12/h4H,1-3H2,(H,7,8)(H,9,10). The van der Waals surface area contributed by atoms with Crippen LogP contribution < -0.4 is 0 Å². The van der Waals surface area contributed by atoms with Crippen molar-refractivity contribution in [2.45, 2.75) is 12.8 Å². The Hall–Kier alpha value is -1.16. The maximum Gasteiger partial charge on any atom is 0.316 e. The Bertz CT molecular complexity index is 260. The highest BCUT2D eigenvalue weighted by molar-refractivity contribution is 7.30. The van der Waals surface area contributed by atoms with Gasteiger partial charge in [-0.05, 0) is 6.42 Å². The summed E-state index contributed by atoms with van der Waals surface area (Å²) in [5.41, 5.74) is 0. The van der Waals surface area contributed by atoms with E-state index in [1.807, 2.05) is 0 Å². The van der Waals surface area contributed by atoms with Crippen LogP contribution in [0, 0.1) is 5.92 Å². The lowest BCUT2D eigenvalue weighted by molar-refractivity contribution is -0.142. The molecule has 0 bridgehead atoms. The first-order chi connectivity index (χ1) is 5.93. The van der Waals surface area contributed by atoms with Crippen LogP contribution >= 0.6 is 7.68 Å². The molecule has 0 saturated carbocycles. The third-order valence-electron chi connectivity index (χ3n) is 1.43. The van der Waals surface area contributed by atoms with Crippen molar-refractivity contribution >= 4 is 19.6 Å². The molecule has 0 aliphatic carbocycles. The van der Waals surface area contributed by atoms with Gasteiger partial charge in [0.15, 0.2) is 0 Å². The Labute approximate surface area is 74.4 Å². The molecule has 1 unspecified atom stereocenters. The lowest BCUT2D eigenvalue weighted by Gasteiger charge is -2.04. The van der Waals surface area contributed by atoms with Crippen molar-refractivity contribution in [3.8, 4) is 0 Å². The van der Waals surface area contributed by atoms with Gasteiger partial charge < -0.3 is 10.2 Å². The Kier molecular flexibility index (Phi) is 4.99. The van der Waals surface area contributed by atoms with Gasteiger partial charge in [0.25, 0.3) is 0 Å². The second-order valence-corrected chi connectivity index (χ2v) is 3.51. The Morgan fingerprint density at radius 3 is 2.08 bits per heavy atom. The van der Waals surface area contributed by atoms with Crippen molar-refractivity contribution in [3.63, 3.8) is 0 Å². The van der Waals surface area contributed by atoms with Gasteiger partial charge in [-0.25, -0.2) is 9.13 Å². The number of hydrogen-bond donors (Lipinski definition) is 2. The molecule has 0 aromatic rings. The van der Waals surface area contributed by atoms with Crippen LogP contribution in [0.25, 0.3) is 0 Å². The van der Waals surface area contributed by atoms with Crippen LogP contribution in [0.3, 0.4) is 0 Å². The molecule has 74 valence electrons. The van der Waals surface area contributed by atoms with Gasteiger partial charge in [0.1, 0.15) is 0 Å². The van der Waals surface area contributed by atoms with Crippen LogP contribution in [0.15, 0.2) is 0 Å². The zero-order valence-electron chi connectivity index (χ0n) is 6.67. The first-order valence-corrected chi connectivity index (χ1v) is 4.86. The van der Waals surface area contributed by atoms with Gasteiger partial charge >= 0.3 is 19.6 Å². The summed E-state index contributed by atoms with van der Waals surface area (Å²) in [6.45, 7) is 0. The maximum atomic E-state index is 10.4. The second kappa shape index (κ2) is 5.48. The van der Waals surface area contributed by atoms with E-state index in [9.17, 15) is 18.7 Å². The molecule has 0 aromatic carbocycles. The van der Waals surface area contributed by atoms with E-state index >= 15 is 0 Å². The van der Waals surface area contributed by atoms with E-state index in [1.165, 1.54) is 0 Å². The minimum Gasteiger partial charge on any atom is -0.481 e. The monoisotopic (exact) mass is 208 g/mol. The molecule has 0 heterocycles. The van der Waals surface area contributed by atoms with Crippen LogP contribution in [0.1, 0.15) is 12.8 Å². The van der Waals surface area contributed by atoms with Crippen LogP contribution in [-0.2, 0) is 18.7 Å². The largest absolute Gasteiger partial charge is 0.481 e. The minimum absolute atomic E-state index is 0.159. The molecule has 0 aliphatic rings. The fraction of sp³-hybridized carbons (Fsp3) is 0.667. The van der Waals surface area contributed by atoms with E-state index < -0.39 is 31.7 Å². The maximum absolute atomic E-state index is 10.4. The smallest absolute Gasteiger partial charge is 0.316 e. The molecule has 0 radical (unpaired) electrons. The molecule has 0 aromatic heterocycles. The Morgan fingerprint density at radius 2 is 1.77 bits per heavy atom. The van der Waals surface area contributed by atoms with Crippen LogP contribution in [0.5, 0.6) is 0 Å². The molecule has 2 N–H and O–H groups in total. The van der Waals surface area contributed by atoms with Crippen molar-refractivity contribution in [1.82, 2.24) is 0 Å². The second-order valence-electron chi connectivity index (χ2n) is 2.48. The normalized spacial score (nSPS) is 12.0. The molecule has 1 atom stereocenters. The van der Waals surface area contributed by atoms with E-state index in [0.29, 0.717) is 0 Å². The molecular weight excluding hydrogens is 199 g/mol. The van der Waals surface area contributed by atoms with E-state index in [4.69, 9.17) is 10.2 Å². The predicted octanol–water partition coefficient (Wildman–Crippen LogP) is 0.725. The zero-order chi connectivity index (χ0) is 10.4. The summed E-state index contributed by atoms with van der Waals surface area (Å²) in [6.07, 6.45) is -0.994. The van der Waals surface area contributed by atoms with Crippen molar-refractivity contribution in [3.05, 3.63) is 0 Å². The summed E-state index contributed by atoms with van der Waals surface area (Å²) >= 11 is 0. The molecular formula is C6H9O6P. The van der Waals surface area contributed by atoms with E-state index in [2.05, 4.69) is 0 Å². The number of carboxylic acids is 2. The number of carboxylic acid groups (broad SMARTS) is 2. The van der Waals surface area contributed by atoms with Gasteiger partial charge in [0.2, 0.25) is 0 Å².